The third-order valence-corrected chi connectivity index (χ3v) is 6.75. The first-order chi connectivity index (χ1) is 15.4. The van der Waals surface area contributed by atoms with Gasteiger partial charge in [0, 0.05) is 17.2 Å². The third kappa shape index (κ3) is 4.18. The van der Waals surface area contributed by atoms with Gasteiger partial charge in [0.15, 0.2) is 5.65 Å². The molecular formula is C26H26N2O3S. The fourth-order valence-corrected chi connectivity index (χ4v) is 5.23. The summed E-state index contributed by atoms with van der Waals surface area (Å²) in [6, 6.07) is 21.8. The molecule has 0 aliphatic rings. The van der Waals surface area contributed by atoms with Crippen LogP contribution in [0.5, 0.6) is 5.75 Å². The maximum atomic E-state index is 13.8. The van der Waals surface area contributed by atoms with Crippen molar-refractivity contribution < 1.29 is 13.2 Å². The molecule has 32 heavy (non-hydrogen) atoms. The average Bonchev–Trinajstić information content (AvgIpc) is 3.18. The highest BCUT2D eigenvalue weighted by atomic mass is 32.2. The van der Waals surface area contributed by atoms with Crippen LogP contribution in [0, 0.1) is 5.92 Å². The summed E-state index contributed by atoms with van der Waals surface area (Å²) >= 11 is 0. The van der Waals surface area contributed by atoms with Gasteiger partial charge < -0.3 is 4.74 Å². The van der Waals surface area contributed by atoms with Crippen molar-refractivity contribution in [1.82, 2.24) is 8.96 Å². The van der Waals surface area contributed by atoms with E-state index in [1.807, 2.05) is 49.4 Å². The number of fused-ring (bicyclic) bond motifs is 1. The van der Waals surface area contributed by atoms with Crippen molar-refractivity contribution in [3.63, 3.8) is 0 Å². The van der Waals surface area contributed by atoms with Crippen LogP contribution in [0.25, 0.3) is 16.6 Å². The summed E-state index contributed by atoms with van der Waals surface area (Å²) in [5.74, 6) is 0.936. The molecule has 6 heteroatoms. The number of nitrogens with zero attached hydrogens (tertiary/aromatic N) is 2. The lowest BCUT2D eigenvalue weighted by Crippen LogP contribution is -2.16. The molecule has 2 aromatic carbocycles. The first kappa shape index (κ1) is 21.8. The van der Waals surface area contributed by atoms with Gasteiger partial charge in [-0.05, 0) is 60.9 Å². The van der Waals surface area contributed by atoms with Crippen LogP contribution >= 0.6 is 0 Å². The molecule has 164 valence electrons. The largest absolute Gasteiger partial charge is 0.494 e. The Hall–Kier alpha value is -3.38. The van der Waals surface area contributed by atoms with Crippen LogP contribution < -0.4 is 4.74 Å². The van der Waals surface area contributed by atoms with E-state index in [1.165, 1.54) is 3.97 Å². The number of hydrogen-bond donors (Lipinski definition) is 0. The number of allylic oxidation sites excluding steroid dienone is 1. The quantitative estimate of drug-likeness (QED) is 0.362. The molecule has 4 aromatic rings. The Morgan fingerprint density at radius 2 is 1.81 bits per heavy atom. The van der Waals surface area contributed by atoms with E-state index in [4.69, 9.17) is 4.74 Å². The number of hydrogen-bond acceptors (Lipinski definition) is 4. The Balaban J connectivity index is 2.02. The molecular weight excluding hydrogens is 420 g/mol. The van der Waals surface area contributed by atoms with E-state index in [1.54, 1.807) is 36.5 Å². The highest BCUT2D eigenvalue weighted by Gasteiger charge is 2.26. The first-order valence-corrected chi connectivity index (χ1v) is 12.1. The molecule has 0 atom stereocenters. The second-order valence-electron chi connectivity index (χ2n) is 7.81. The predicted octanol–water partition coefficient (Wildman–Crippen LogP) is 5.76. The van der Waals surface area contributed by atoms with Gasteiger partial charge in [-0.2, -0.15) is 0 Å². The molecule has 0 saturated heterocycles. The van der Waals surface area contributed by atoms with E-state index in [-0.39, 0.29) is 10.8 Å². The average molecular weight is 447 g/mol. The van der Waals surface area contributed by atoms with E-state index in [2.05, 4.69) is 24.9 Å². The Bertz CT molecular complexity index is 1370. The van der Waals surface area contributed by atoms with E-state index in [0.29, 0.717) is 17.9 Å². The lowest BCUT2D eigenvalue weighted by molar-refractivity contribution is 0.340. The van der Waals surface area contributed by atoms with Crippen LogP contribution in [0.3, 0.4) is 0 Å². The number of pyridine rings is 1. The van der Waals surface area contributed by atoms with Crippen molar-refractivity contribution in [2.24, 2.45) is 5.92 Å². The molecule has 4 rings (SSSR count). The number of rotatable bonds is 7. The van der Waals surface area contributed by atoms with Gasteiger partial charge in [-0.15, -0.1) is 0 Å². The molecule has 0 fully saturated rings. The fraction of sp³-hybridized carbons (Fsp3) is 0.192. The van der Waals surface area contributed by atoms with E-state index in [9.17, 15) is 8.42 Å². The van der Waals surface area contributed by atoms with Crippen LogP contribution in [-0.4, -0.2) is 24.0 Å². The van der Waals surface area contributed by atoms with Gasteiger partial charge in [0.1, 0.15) is 5.75 Å². The Morgan fingerprint density at radius 1 is 1.03 bits per heavy atom. The normalized spacial score (nSPS) is 12.4. The molecule has 0 amide bonds. The molecule has 0 spiro atoms. The minimum Gasteiger partial charge on any atom is -0.494 e. The van der Waals surface area contributed by atoms with Crippen LogP contribution in [0.1, 0.15) is 32.0 Å². The predicted molar refractivity (Wildman–Crippen MR) is 128 cm³/mol. The highest BCUT2D eigenvalue weighted by molar-refractivity contribution is 7.90. The smallest absolute Gasteiger partial charge is 0.269 e. The zero-order valence-electron chi connectivity index (χ0n) is 18.4. The van der Waals surface area contributed by atoms with Gasteiger partial charge >= 0.3 is 0 Å². The second kappa shape index (κ2) is 9.01. The second-order valence-corrected chi connectivity index (χ2v) is 9.60. The summed E-state index contributed by atoms with van der Waals surface area (Å²) in [7, 11) is -3.88. The number of aromatic nitrogens is 2. The summed E-state index contributed by atoms with van der Waals surface area (Å²) in [4.78, 5) is 4.65. The molecule has 0 unspecified atom stereocenters. The standard InChI is InChI=1S/C26H26N2O3S/c1-4-31-22-12-8-10-20(17-22)24(16-19(2)3)25-18-21-11-9-15-27-26(21)28(25)32(29,30)23-13-6-5-7-14-23/h5-19H,4H2,1-3H3. The number of ether oxygens (including phenoxy) is 1. The molecule has 5 nitrogen and oxygen atoms in total. The Kier molecular flexibility index (Phi) is 6.15. The molecule has 0 N–H and O–H groups in total. The lowest BCUT2D eigenvalue weighted by atomic mass is 9.98. The monoisotopic (exact) mass is 446 g/mol. The maximum Gasteiger partial charge on any atom is 0.269 e. The minimum absolute atomic E-state index is 0.194. The number of benzene rings is 2. The van der Waals surface area contributed by atoms with Gasteiger partial charge in [0.2, 0.25) is 0 Å². The minimum atomic E-state index is -3.88. The summed E-state index contributed by atoms with van der Waals surface area (Å²) in [5, 5.41) is 0.762. The van der Waals surface area contributed by atoms with E-state index < -0.39 is 10.0 Å². The van der Waals surface area contributed by atoms with E-state index in [0.717, 1.165) is 22.3 Å². The van der Waals surface area contributed by atoms with Crippen molar-refractivity contribution in [2.75, 3.05) is 6.61 Å². The van der Waals surface area contributed by atoms with Gasteiger partial charge in [-0.1, -0.05) is 50.3 Å². The molecule has 2 heterocycles. The Morgan fingerprint density at radius 3 is 2.53 bits per heavy atom. The fourth-order valence-electron chi connectivity index (χ4n) is 3.72. The summed E-state index contributed by atoms with van der Waals surface area (Å²) in [6.45, 7) is 6.64. The summed E-state index contributed by atoms with van der Waals surface area (Å²) < 4.78 is 34.6. The molecule has 2 aromatic heterocycles. The van der Waals surface area contributed by atoms with Crippen LogP contribution in [0.4, 0.5) is 0 Å². The van der Waals surface area contributed by atoms with Gasteiger partial charge in [-0.3, -0.25) is 0 Å². The first-order valence-electron chi connectivity index (χ1n) is 10.6. The maximum absolute atomic E-state index is 13.8. The molecule has 0 bridgehead atoms. The highest BCUT2D eigenvalue weighted by Crippen LogP contribution is 2.34. The van der Waals surface area contributed by atoms with Crippen LogP contribution in [-0.2, 0) is 10.0 Å². The topological polar surface area (TPSA) is 61.2 Å². The summed E-state index contributed by atoms with van der Waals surface area (Å²) in [5.41, 5.74) is 2.68. The van der Waals surface area contributed by atoms with Crippen molar-refractivity contribution in [1.29, 1.82) is 0 Å². The zero-order chi connectivity index (χ0) is 22.7. The van der Waals surface area contributed by atoms with E-state index >= 15 is 0 Å². The van der Waals surface area contributed by atoms with Crippen molar-refractivity contribution in [3.8, 4) is 5.75 Å². The van der Waals surface area contributed by atoms with Crippen molar-refractivity contribution in [2.45, 2.75) is 25.7 Å². The Labute approximate surface area is 189 Å². The van der Waals surface area contributed by atoms with Gasteiger partial charge in [-0.25, -0.2) is 17.4 Å². The zero-order valence-corrected chi connectivity index (χ0v) is 19.2. The molecule has 0 aliphatic heterocycles. The van der Waals surface area contributed by atoms with Crippen LogP contribution in [0.15, 0.2) is 90.0 Å². The molecule has 0 aliphatic carbocycles. The third-order valence-electron chi connectivity index (χ3n) is 5.03. The van der Waals surface area contributed by atoms with Crippen molar-refractivity contribution >= 4 is 26.6 Å². The molecule has 0 saturated carbocycles. The summed E-state index contributed by atoms with van der Waals surface area (Å²) in [6.07, 6.45) is 3.70. The van der Waals surface area contributed by atoms with Gasteiger partial charge in [0.05, 0.1) is 17.2 Å². The van der Waals surface area contributed by atoms with Crippen LogP contribution in [0.2, 0.25) is 0 Å². The SMILES string of the molecule is CCOc1cccc(C(=CC(C)C)c2cc3cccnc3n2S(=O)(=O)c2ccccc2)c1. The van der Waals surface area contributed by atoms with Crippen molar-refractivity contribution in [3.05, 3.63) is 96.3 Å². The van der Waals surface area contributed by atoms with Gasteiger partial charge in [0.25, 0.3) is 10.0 Å². The lowest BCUT2D eigenvalue weighted by Gasteiger charge is -2.16. The molecule has 0 radical (unpaired) electrons.